The molecule has 1 rings (SSSR count). The van der Waals surface area contributed by atoms with Crippen molar-refractivity contribution in [3.05, 3.63) is 0 Å². The van der Waals surface area contributed by atoms with Gasteiger partial charge in [-0.2, -0.15) is 13.2 Å². The van der Waals surface area contributed by atoms with Crippen LogP contribution in [0.25, 0.3) is 0 Å². The van der Waals surface area contributed by atoms with E-state index in [2.05, 4.69) is 10.1 Å². The lowest BCUT2D eigenvalue weighted by Crippen LogP contribution is -2.52. The van der Waals surface area contributed by atoms with Crippen LogP contribution in [0.5, 0.6) is 0 Å². The van der Waals surface area contributed by atoms with E-state index < -0.39 is 24.1 Å². The molecule has 3 nitrogen and oxygen atoms in total. The average Bonchev–Trinajstić information content (AvgIpc) is 2.15. The van der Waals surface area contributed by atoms with E-state index >= 15 is 0 Å². The molecule has 7 heteroatoms. The molecule has 1 heterocycles. The summed E-state index contributed by atoms with van der Waals surface area (Å²) in [5.74, 6) is -2.46. The van der Waals surface area contributed by atoms with Crippen LogP contribution in [0.3, 0.4) is 0 Å². The second kappa shape index (κ2) is 5.55. The molecule has 0 aromatic rings. The fourth-order valence-electron chi connectivity index (χ4n) is 1.62. The van der Waals surface area contributed by atoms with Crippen LogP contribution in [0, 0.1) is 5.92 Å². The molecule has 0 saturated carbocycles. The normalized spacial score (nSPS) is 26.7. The van der Waals surface area contributed by atoms with Gasteiger partial charge in [0.05, 0.1) is 13.0 Å². The van der Waals surface area contributed by atoms with Gasteiger partial charge in [0, 0.05) is 0 Å². The summed E-state index contributed by atoms with van der Waals surface area (Å²) in [7, 11) is 1.09. The minimum Gasteiger partial charge on any atom is -0.468 e. The Balaban J connectivity index is 0.00000196. The summed E-state index contributed by atoms with van der Waals surface area (Å²) in [5, 5.41) is 2.53. The minimum absolute atomic E-state index is 0. The van der Waals surface area contributed by atoms with Gasteiger partial charge in [0.15, 0.2) is 0 Å². The first-order chi connectivity index (χ1) is 6.46. The van der Waals surface area contributed by atoms with E-state index in [9.17, 15) is 18.0 Å². The number of alkyl halides is 3. The Morgan fingerprint density at radius 2 is 2.07 bits per heavy atom. The number of ether oxygens (including phenoxy) is 1. The van der Waals surface area contributed by atoms with Crippen molar-refractivity contribution in [3.8, 4) is 0 Å². The zero-order valence-electron chi connectivity index (χ0n) is 8.13. The van der Waals surface area contributed by atoms with Crippen LogP contribution in [0.4, 0.5) is 13.2 Å². The van der Waals surface area contributed by atoms with E-state index in [-0.39, 0.29) is 18.8 Å². The second-order valence-corrected chi connectivity index (χ2v) is 3.25. The summed E-state index contributed by atoms with van der Waals surface area (Å²) in [4.78, 5) is 11.0. The van der Waals surface area contributed by atoms with Crippen LogP contribution < -0.4 is 5.32 Å². The van der Waals surface area contributed by atoms with Crippen molar-refractivity contribution in [2.24, 2.45) is 5.92 Å². The summed E-state index contributed by atoms with van der Waals surface area (Å²) >= 11 is 0. The van der Waals surface area contributed by atoms with Crippen molar-refractivity contribution in [1.29, 1.82) is 0 Å². The molecule has 1 fully saturated rings. The van der Waals surface area contributed by atoms with E-state index in [1.54, 1.807) is 0 Å². The topological polar surface area (TPSA) is 38.3 Å². The van der Waals surface area contributed by atoms with Crippen LogP contribution in [-0.2, 0) is 9.53 Å². The molecular weight excluding hydrogens is 235 g/mol. The van der Waals surface area contributed by atoms with Crippen LogP contribution in [0.1, 0.15) is 12.8 Å². The fraction of sp³-hybridized carbons (Fsp3) is 0.875. The first kappa shape index (κ1) is 14.5. The second-order valence-electron chi connectivity index (χ2n) is 3.25. The van der Waals surface area contributed by atoms with Crippen LogP contribution in [-0.4, -0.2) is 31.8 Å². The third kappa shape index (κ3) is 3.53. The number of piperidine rings is 1. The molecule has 1 saturated heterocycles. The standard InChI is InChI=1S/C8H12F3NO2.ClH/c1-14-7(13)6-5(8(9,10)11)3-2-4-12-6;/h5-6,12H,2-4H2,1H3;1H. The van der Waals surface area contributed by atoms with Gasteiger partial charge in [-0.1, -0.05) is 0 Å². The molecular formula is C8H13ClF3NO2. The van der Waals surface area contributed by atoms with Gasteiger partial charge >= 0.3 is 12.1 Å². The molecule has 0 bridgehead atoms. The summed E-state index contributed by atoms with van der Waals surface area (Å²) < 4.78 is 41.6. The third-order valence-corrected chi connectivity index (χ3v) is 2.33. The highest BCUT2D eigenvalue weighted by Gasteiger charge is 2.48. The zero-order valence-corrected chi connectivity index (χ0v) is 8.95. The molecule has 1 N–H and O–H groups in total. The smallest absolute Gasteiger partial charge is 0.393 e. The zero-order chi connectivity index (χ0) is 10.8. The maximum atomic E-state index is 12.4. The first-order valence-electron chi connectivity index (χ1n) is 4.34. The number of halogens is 4. The van der Waals surface area contributed by atoms with Crippen molar-refractivity contribution < 1.29 is 22.7 Å². The number of hydrogen-bond acceptors (Lipinski definition) is 3. The van der Waals surface area contributed by atoms with E-state index in [1.807, 2.05) is 0 Å². The highest BCUT2D eigenvalue weighted by atomic mass is 35.5. The predicted octanol–water partition coefficient (Wildman–Crippen LogP) is 1.51. The Morgan fingerprint density at radius 1 is 1.47 bits per heavy atom. The predicted molar refractivity (Wildman–Crippen MR) is 49.8 cm³/mol. The van der Waals surface area contributed by atoms with Crippen molar-refractivity contribution >= 4 is 18.4 Å². The molecule has 2 atom stereocenters. The molecule has 90 valence electrons. The molecule has 15 heavy (non-hydrogen) atoms. The van der Waals surface area contributed by atoms with Gasteiger partial charge < -0.3 is 10.1 Å². The van der Waals surface area contributed by atoms with Gasteiger partial charge in [-0.25, -0.2) is 0 Å². The van der Waals surface area contributed by atoms with Crippen LogP contribution in [0.2, 0.25) is 0 Å². The molecule has 1 aliphatic rings. The highest BCUT2D eigenvalue weighted by Crippen LogP contribution is 2.34. The number of hydrogen-bond donors (Lipinski definition) is 1. The van der Waals surface area contributed by atoms with Crippen molar-refractivity contribution in [3.63, 3.8) is 0 Å². The van der Waals surface area contributed by atoms with E-state index in [4.69, 9.17) is 0 Å². The minimum atomic E-state index is -4.34. The summed E-state index contributed by atoms with van der Waals surface area (Å²) in [5.41, 5.74) is 0. The Kier molecular flexibility index (Phi) is 5.37. The Hall–Kier alpha value is -0.490. The average molecular weight is 248 g/mol. The number of nitrogens with one attached hydrogen (secondary N) is 1. The van der Waals surface area contributed by atoms with Crippen molar-refractivity contribution in [2.45, 2.75) is 25.1 Å². The summed E-state index contributed by atoms with van der Waals surface area (Å²) in [6.45, 7) is 0.423. The monoisotopic (exact) mass is 247 g/mol. The molecule has 1 aliphatic heterocycles. The highest BCUT2D eigenvalue weighted by molar-refractivity contribution is 5.85. The van der Waals surface area contributed by atoms with Crippen molar-refractivity contribution in [2.75, 3.05) is 13.7 Å². The molecule has 0 aromatic heterocycles. The Labute approximate surface area is 91.8 Å². The van der Waals surface area contributed by atoms with Gasteiger partial charge in [0.1, 0.15) is 6.04 Å². The molecule has 0 radical (unpaired) electrons. The quantitative estimate of drug-likeness (QED) is 0.714. The summed E-state index contributed by atoms with van der Waals surface area (Å²) in [6.07, 6.45) is -3.93. The largest absolute Gasteiger partial charge is 0.468 e. The van der Waals surface area contributed by atoms with E-state index in [0.717, 1.165) is 7.11 Å². The number of methoxy groups -OCH3 is 1. The fourth-order valence-corrected chi connectivity index (χ4v) is 1.62. The maximum absolute atomic E-state index is 12.4. The summed E-state index contributed by atoms with van der Waals surface area (Å²) in [6, 6.07) is -1.24. The number of rotatable bonds is 1. The first-order valence-corrected chi connectivity index (χ1v) is 4.34. The lowest BCUT2D eigenvalue weighted by molar-refractivity contribution is -0.195. The molecule has 0 aromatic carbocycles. The molecule has 2 unspecified atom stereocenters. The van der Waals surface area contributed by atoms with Gasteiger partial charge in [-0.15, -0.1) is 12.4 Å². The van der Waals surface area contributed by atoms with Gasteiger partial charge in [0.2, 0.25) is 0 Å². The van der Waals surface area contributed by atoms with Gasteiger partial charge in [-0.05, 0) is 19.4 Å². The lowest BCUT2D eigenvalue weighted by atomic mass is 9.90. The van der Waals surface area contributed by atoms with Crippen LogP contribution >= 0.6 is 12.4 Å². The van der Waals surface area contributed by atoms with Crippen molar-refractivity contribution in [1.82, 2.24) is 5.32 Å². The molecule has 0 amide bonds. The van der Waals surface area contributed by atoms with Gasteiger partial charge in [0.25, 0.3) is 0 Å². The number of esters is 1. The van der Waals surface area contributed by atoms with Crippen LogP contribution in [0.15, 0.2) is 0 Å². The molecule has 0 aliphatic carbocycles. The Morgan fingerprint density at radius 3 is 2.53 bits per heavy atom. The SMILES string of the molecule is COC(=O)C1NCCCC1C(F)(F)F.Cl. The number of carbonyl (C=O) groups is 1. The maximum Gasteiger partial charge on any atom is 0.393 e. The van der Waals surface area contributed by atoms with E-state index in [1.165, 1.54) is 0 Å². The van der Waals surface area contributed by atoms with E-state index in [0.29, 0.717) is 13.0 Å². The Bertz CT molecular complexity index is 222. The van der Waals surface area contributed by atoms with Gasteiger partial charge in [-0.3, -0.25) is 4.79 Å². The molecule has 0 spiro atoms. The number of carbonyl (C=O) groups excluding carboxylic acids is 1. The third-order valence-electron chi connectivity index (χ3n) is 2.33. The lowest BCUT2D eigenvalue weighted by Gasteiger charge is -2.31.